The van der Waals surface area contributed by atoms with Crippen molar-refractivity contribution in [1.82, 2.24) is 4.90 Å². The molecule has 0 radical (unpaired) electrons. The van der Waals surface area contributed by atoms with Crippen molar-refractivity contribution in [2.75, 3.05) is 73.8 Å². The summed E-state index contributed by atoms with van der Waals surface area (Å²) in [7, 11) is -3.46. The molecule has 4 fully saturated rings. The molecule has 0 aromatic heterocycles. The zero-order valence-electron chi connectivity index (χ0n) is 19.2. The molecule has 178 valence electrons. The molecule has 0 aliphatic carbocycles. The van der Waals surface area contributed by atoms with Crippen molar-refractivity contribution in [2.24, 2.45) is 17.1 Å². The summed E-state index contributed by atoms with van der Waals surface area (Å²) < 4.78 is 29.8. The fraction of sp³-hybridized carbons (Fsp3) is 0.696. The Morgan fingerprint density at radius 1 is 1.09 bits per heavy atom. The Hall–Kier alpha value is -1.84. The summed E-state index contributed by atoms with van der Waals surface area (Å²) in [4.78, 5) is 19.5. The van der Waals surface area contributed by atoms with Gasteiger partial charge in [-0.15, -0.1) is 0 Å². The number of sulfone groups is 1. The van der Waals surface area contributed by atoms with Crippen molar-refractivity contribution in [3.8, 4) is 0 Å². The van der Waals surface area contributed by atoms with Crippen molar-refractivity contribution < 1.29 is 17.9 Å². The maximum absolute atomic E-state index is 12.9. The van der Waals surface area contributed by atoms with Crippen LogP contribution in [0.4, 0.5) is 11.4 Å². The van der Waals surface area contributed by atoms with E-state index in [0.717, 1.165) is 45.0 Å². The number of piperidine rings is 1. The maximum atomic E-state index is 12.9. The van der Waals surface area contributed by atoms with Gasteiger partial charge in [0.2, 0.25) is 5.91 Å². The zero-order valence-corrected chi connectivity index (χ0v) is 20.0. The Labute approximate surface area is 191 Å². The van der Waals surface area contributed by atoms with Crippen LogP contribution in [0.1, 0.15) is 20.3 Å². The van der Waals surface area contributed by atoms with Crippen LogP contribution in [-0.4, -0.2) is 89.3 Å². The number of rotatable bonds is 6. The standard InChI is InChI=1S/C23H36N4O4S/c1-23(2)13-18-14-26(22(28)17-32(29,30)12-7-24)16-21(23)27(15-18)20-5-3-19(4-6-20)25-8-10-31-11-9-25/h3-6,18,21H,7-17,24H2,1-2H3/t18-,21-/m1/s1. The predicted molar refractivity (Wildman–Crippen MR) is 127 cm³/mol. The fourth-order valence-corrected chi connectivity index (χ4v) is 6.59. The topological polar surface area (TPSA) is 96.2 Å². The molecule has 32 heavy (non-hydrogen) atoms. The summed E-state index contributed by atoms with van der Waals surface area (Å²) in [6, 6.07) is 8.85. The molecule has 1 aromatic rings. The van der Waals surface area contributed by atoms with Gasteiger partial charge >= 0.3 is 0 Å². The quantitative estimate of drug-likeness (QED) is 0.670. The van der Waals surface area contributed by atoms with Gasteiger partial charge in [0.1, 0.15) is 5.75 Å². The van der Waals surface area contributed by atoms with Crippen LogP contribution in [0.15, 0.2) is 24.3 Å². The number of ether oxygens (including phenoxy) is 1. The monoisotopic (exact) mass is 464 g/mol. The number of amides is 1. The first-order valence-electron chi connectivity index (χ1n) is 11.6. The summed E-state index contributed by atoms with van der Waals surface area (Å²) in [6.07, 6.45) is 1.03. The van der Waals surface area contributed by atoms with Gasteiger partial charge in [0.05, 0.1) is 25.0 Å². The first kappa shape index (κ1) is 23.3. The predicted octanol–water partition coefficient (Wildman–Crippen LogP) is 0.960. The molecule has 9 heteroatoms. The van der Waals surface area contributed by atoms with Crippen LogP contribution < -0.4 is 15.5 Å². The van der Waals surface area contributed by atoms with Gasteiger partial charge < -0.3 is 25.2 Å². The van der Waals surface area contributed by atoms with Crippen LogP contribution in [0.3, 0.4) is 0 Å². The Kier molecular flexibility index (Phi) is 6.70. The number of anilines is 2. The number of nitrogens with zero attached hydrogens (tertiary/aromatic N) is 3. The molecular formula is C23H36N4O4S. The first-order valence-corrected chi connectivity index (χ1v) is 13.4. The first-order chi connectivity index (χ1) is 15.2. The third-order valence-electron chi connectivity index (χ3n) is 7.10. The second kappa shape index (κ2) is 9.19. The fourth-order valence-electron chi connectivity index (χ4n) is 5.53. The maximum Gasteiger partial charge on any atom is 0.237 e. The van der Waals surface area contributed by atoms with E-state index in [1.54, 1.807) is 4.90 Å². The van der Waals surface area contributed by atoms with E-state index in [1.807, 2.05) is 0 Å². The van der Waals surface area contributed by atoms with Gasteiger partial charge in [-0.2, -0.15) is 0 Å². The number of carbonyl (C=O) groups is 1. The van der Waals surface area contributed by atoms with Crippen molar-refractivity contribution in [1.29, 1.82) is 0 Å². The largest absolute Gasteiger partial charge is 0.378 e. The lowest BCUT2D eigenvalue weighted by Gasteiger charge is -2.48. The molecular weight excluding hydrogens is 428 g/mol. The molecule has 5 rings (SSSR count). The number of benzene rings is 1. The van der Waals surface area contributed by atoms with Crippen LogP contribution in [0.25, 0.3) is 0 Å². The third kappa shape index (κ3) is 5.05. The number of hydrogen-bond acceptors (Lipinski definition) is 7. The van der Waals surface area contributed by atoms with E-state index >= 15 is 0 Å². The molecule has 1 amide bonds. The van der Waals surface area contributed by atoms with Gasteiger partial charge in [0, 0.05) is 50.6 Å². The third-order valence-corrected chi connectivity index (χ3v) is 8.65. The molecule has 4 saturated heterocycles. The molecule has 4 aliphatic rings. The average molecular weight is 465 g/mol. The summed E-state index contributed by atoms with van der Waals surface area (Å²) in [6.45, 7) is 9.94. The number of morpholine rings is 1. The Morgan fingerprint density at radius 2 is 1.75 bits per heavy atom. The van der Waals surface area contributed by atoms with Gasteiger partial charge in [-0.3, -0.25) is 4.79 Å². The molecule has 0 saturated carbocycles. The molecule has 1 aromatic carbocycles. The molecule has 0 unspecified atom stereocenters. The van der Waals surface area contributed by atoms with Gasteiger partial charge in [-0.05, 0) is 42.0 Å². The highest BCUT2D eigenvalue weighted by Crippen LogP contribution is 2.43. The van der Waals surface area contributed by atoms with E-state index < -0.39 is 15.6 Å². The lowest BCUT2D eigenvalue weighted by molar-refractivity contribution is -0.128. The van der Waals surface area contributed by atoms with Crippen molar-refractivity contribution in [2.45, 2.75) is 26.3 Å². The van der Waals surface area contributed by atoms with Gasteiger partial charge in [0.15, 0.2) is 9.84 Å². The molecule has 8 nitrogen and oxygen atoms in total. The highest BCUT2D eigenvalue weighted by Gasteiger charge is 2.47. The molecule has 2 bridgehead atoms. The molecule has 4 heterocycles. The average Bonchev–Trinajstić information content (AvgIpc) is 3.01. The highest BCUT2D eigenvalue weighted by atomic mass is 32.2. The van der Waals surface area contributed by atoms with Crippen molar-refractivity contribution in [3.63, 3.8) is 0 Å². The van der Waals surface area contributed by atoms with Crippen molar-refractivity contribution >= 4 is 27.1 Å². The van der Waals surface area contributed by atoms with Crippen LogP contribution in [-0.2, 0) is 19.4 Å². The number of hydrogen-bond donors (Lipinski definition) is 1. The summed E-state index contributed by atoms with van der Waals surface area (Å²) in [5.41, 5.74) is 7.80. The second-order valence-electron chi connectivity index (χ2n) is 10.0. The molecule has 2 atom stereocenters. The van der Waals surface area contributed by atoms with E-state index in [2.05, 4.69) is 47.9 Å². The van der Waals surface area contributed by atoms with Crippen LogP contribution in [0.5, 0.6) is 0 Å². The Bertz CT molecular complexity index is 912. The van der Waals surface area contributed by atoms with Crippen LogP contribution in [0, 0.1) is 11.3 Å². The SMILES string of the molecule is CC1(C)C[C@@H]2CN(C(=O)CS(=O)(=O)CCN)C[C@H]1N(c1ccc(N3CCOCC3)cc1)C2. The van der Waals surface area contributed by atoms with E-state index in [9.17, 15) is 13.2 Å². The molecule has 0 spiro atoms. The highest BCUT2D eigenvalue weighted by molar-refractivity contribution is 7.92. The van der Waals surface area contributed by atoms with E-state index in [1.165, 1.54) is 5.69 Å². The number of carbonyl (C=O) groups excluding carboxylic acids is 1. The minimum absolute atomic E-state index is 0.0248. The Balaban J connectivity index is 1.52. The Morgan fingerprint density at radius 3 is 2.41 bits per heavy atom. The normalized spacial score (nSPS) is 25.7. The number of fused-ring (bicyclic) bond motifs is 4. The lowest BCUT2D eigenvalue weighted by Crippen LogP contribution is -2.54. The molecule has 4 aliphatic heterocycles. The summed E-state index contributed by atoms with van der Waals surface area (Å²) >= 11 is 0. The van der Waals surface area contributed by atoms with Crippen LogP contribution in [0.2, 0.25) is 0 Å². The van der Waals surface area contributed by atoms with E-state index in [4.69, 9.17) is 10.5 Å². The zero-order chi connectivity index (χ0) is 22.9. The number of nitrogens with two attached hydrogens (primary N) is 1. The van der Waals surface area contributed by atoms with Crippen molar-refractivity contribution in [3.05, 3.63) is 24.3 Å². The minimum Gasteiger partial charge on any atom is -0.378 e. The second-order valence-corrected chi connectivity index (χ2v) is 12.2. The summed E-state index contributed by atoms with van der Waals surface area (Å²) in [5.74, 6) is -0.579. The lowest BCUT2D eigenvalue weighted by atomic mass is 9.73. The van der Waals surface area contributed by atoms with Gasteiger partial charge in [-0.25, -0.2) is 8.42 Å². The molecule has 2 N–H and O–H groups in total. The van der Waals surface area contributed by atoms with Gasteiger partial charge in [0.25, 0.3) is 0 Å². The smallest absolute Gasteiger partial charge is 0.237 e. The minimum atomic E-state index is -3.46. The van der Waals surface area contributed by atoms with Gasteiger partial charge in [-0.1, -0.05) is 13.8 Å². The van der Waals surface area contributed by atoms with E-state index in [-0.39, 0.29) is 29.7 Å². The van der Waals surface area contributed by atoms with E-state index in [0.29, 0.717) is 19.0 Å². The summed E-state index contributed by atoms with van der Waals surface area (Å²) in [5, 5.41) is 0. The van der Waals surface area contributed by atoms with Crippen LogP contribution >= 0.6 is 0 Å².